The molecule has 0 aliphatic rings. The summed E-state index contributed by atoms with van der Waals surface area (Å²) in [6, 6.07) is 4.04. The van der Waals surface area contributed by atoms with E-state index in [1.54, 1.807) is 0 Å². The number of pyridine rings is 1. The fraction of sp³-hybridized carbons (Fsp3) is 0.500. The molecule has 0 aliphatic carbocycles. The number of nitrogens with one attached hydrogen (secondary N) is 1. The molecule has 0 aromatic carbocycles. The zero-order valence-corrected chi connectivity index (χ0v) is 7.74. The molecule has 3 heteroatoms. The maximum Gasteiger partial charge on any atom is 0.0443 e. The summed E-state index contributed by atoms with van der Waals surface area (Å²) < 4.78 is 0. The Labute approximate surface area is 78.8 Å². The first-order chi connectivity index (χ1) is 6.43. The van der Waals surface area contributed by atoms with E-state index in [0.29, 0.717) is 0 Å². The van der Waals surface area contributed by atoms with Crippen molar-refractivity contribution in [2.24, 2.45) is 0 Å². The summed E-state index contributed by atoms with van der Waals surface area (Å²) in [4.78, 5) is 3.95. The molecule has 0 bridgehead atoms. The highest BCUT2D eigenvalue weighted by molar-refractivity contribution is 5.09. The lowest BCUT2D eigenvalue weighted by atomic mass is 10.2. The Morgan fingerprint density at radius 1 is 1.23 bits per heavy atom. The van der Waals surface area contributed by atoms with Gasteiger partial charge in [-0.05, 0) is 43.6 Å². The highest BCUT2D eigenvalue weighted by Gasteiger charge is 1.90. The van der Waals surface area contributed by atoms with Crippen LogP contribution in [-0.2, 0) is 6.42 Å². The van der Waals surface area contributed by atoms with Crippen LogP contribution >= 0.6 is 0 Å². The van der Waals surface area contributed by atoms with E-state index >= 15 is 0 Å². The topological polar surface area (TPSA) is 45.1 Å². The van der Waals surface area contributed by atoms with Gasteiger partial charge in [0.1, 0.15) is 0 Å². The number of rotatable bonds is 6. The number of nitrogens with zero attached hydrogens (tertiary/aromatic N) is 1. The molecule has 0 radical (unpaired) electrons. The summed E-state index contributed by atoms with van der Waals surface area (Å²) in [5, 5.41) is 11.8. The average Bonchev–Trinajstić information content (AvgIpc) is 2.19. The summed E-state index contributed by atoms with van der Waals surface area (Å²) in [7, 11) is 0. The van der Waals surface area contributed by atoms with Crippen LogP contribution < -0.4 is 5.32 Å². The molecule has 0 aliphatic heterocycles. The highest BCUT2D eigenvalue weighted by atomic mass is 16.3. The predicted molar refractivity (Wildman–Crippen MR) is 52.5 cm³/mol. The third kappa shape index (κ3) is 4.60. The first-order valence-electron chi connectivity index (χ1n) is 4.64. The molecule has 1 aromatic rings. The number of aliphatic hydroxyl groups excluding tert-OH is 1. The summed E-state index contributed by atoms with van der Waals surface area (Å²) in [6.45, 7) is 2.12. The number of hydrogen-bond acceptors (Lipinski definition) is 3. The van der Waals surface area contributed by atoms with E-state index in [-0.39, 0.29) is 6.61 Å². The van der Waals surface area contributed by atoms with Gasteiger partial charge in [0.2, 0.25) is 0 Å². The van der Waals surface area contributed by atoms with Crippen molar-refractivity contribution in [2.45, 2.75) is 12.8 Å². The molecule has 2 N–H and O–H groups in total. The van der Waals surface area contributed by atoms with Gasteiger partial charge in [0.05, 0.1) is 0 Å². The van der Waals surface area contributed by atoms with E-state index in [2.05, 4.69) is 10.3 Å². The van der Waals surface area contributed by atoms with Crippen molar-refractivity contribution >= 4 is 0 Å². The molecule has 1 rings (SSSR count). The number of aliphatic hydroxyl groups is 1. The van der Waals surface area contributed by atoms with Gasteiger partial charge >= 0.3 is 0 Å². The third-order valence-electron chi connectivity index (χ3n) is 1.85. The van der Waals surface area contributed by atoms with E-state index in [9.17, 15) is 0 Å². The normalized spacial score (nSPS) is 10.2. The second kappa shape index (κ2) is 6.57. The predicted octanol–water partition coefficient (Wildman–Crippen LogP) is 0.596. The van der Waals surface area contributed by atoms with Crippen molar-refractivity contribution in [3.8, 4) is 0 Å². The van der Waals surface area contributed by atoms with Crippen molar-refractivity contribution < 1.29 is 5.11 Å². The molecule has 0 atom stereocenters. The van der Waals surface area contributed by atoms with Gasteiger partial charge in [-0.1, -0.05) is 0 Å². The molecule has 0 fully saturated rings. The summed E-state index contributed by atoms with van der Waals surface area (Å²) in [5.41, 5.74) is 1.30. The molecule has 0 amide bonds. The van der Waals surface area contributed by atoms with Crippen molar-refractivity contribution in [1.29, 1.82) is 0 Å². The zero-order valence-electron chi connectivity index (χ0n) is 7.74. The molecule has 3 nitrogen and oxygen atoms in total. The van der Waals surface area contributed by atoms with Gasteiger partial charge in [-0.2, -0.15) is 0 Å². The largest absolute Gasteiger partial charge is 0.396 e. The Morgan fingerprint density at radius 2 is 2.00 bits per heavy atom. The molecule has 1 heterocycles. The number of aromatic nitrogens is 1. The van der Waals surface area contributed by atoms with Crippen molar-refractivity contribution in [3.05, 3.63) is 30.1 Å². The average molecular weight is 180 g/mol. The lowest BCUT2D eigenvalue weighted by molar-refractivity contribution is 0.286. The van der Waals surface area contributed by atoms with Crippen LogP contribution in [0.1, 0.15) is 12.0 Å². The van der Waals surface area contributed by atoms with Crippen LogP contribution in [0.5, 0.6) is 0 Å². The monoisotopic (exact) mass is 180 g/mol. The molecule has 0 spiro atoms. The minimum absolute atomic E-state index is 0.266. The fourth-order valence-electron chi connectivity index (χ4n) is 1.11. The van der Waals surface area contributed by atoms with Gasteiger partial charge in [0, 0.05) is 19.0 Å². The Hall–Kier alpha value is -0.930. The van der Waals surface area contributed by atoms with Crippen molar-refractivity contribution in [1.82, 2.24) is 10.3 Å². The highest BCUT2D eigenvalue weighted by Crippen LogP contribution is 1.95. The number of hydrogen-bond donors (Lipinski definition) is 2. The summed E-state index contributed by atoms with van der Waals surface area (Å²) in [5.74, 6) is 0. The van der Waals surface area contributed by atoms with Crippen LogP contribution in [0.3, 0.4) is 0 Å². The Balaban J connectivity index is 2.07. The van der Waals surface area contributed by atoms with Crippen molar-refractivity contribution in [2.75, 3.05) is 19.7 Å². The van der Waals surface area contributed by atoms with Gasteiger partial charge in [0.15, 0.2) is 0 Å². The SMILES string of the molecule is OCCCNCCc1ccncc1. The quantitative estimate of drug-likeness (QED) is 0.630. The fourth-order valence-corrected chi connectivity index (χ4v) is 1.11. The van der Waals surface area contributed by atoms with E-state index in [1.807, 2.05) is 24.5 Å². The second-order valence-electron chi connectivity index (χ2n) is 2.93. The lowest BCUT2D eigenvalue weighted by Gasteiger charge is -2.02. The smallest absolute Gasteiger partial charge is 0.0443 e. The maximum atomic E-state index is 8.53. The van der Waals surface area contributed by atoms with Crippen molar-refractivity contribution in [3.63, 3.8) is 0 Å². The van der Waals surface area contributed by atoms with E-state index in [4.69, 9.17) is 5.11 Å². The van der Waals surface area contributed by atoms with Crippen LogP contribution in [0.2, 0.25) is 0 Å². The van der Waals surface area contributed by atoms with Crippen LogP contribution in [0, 0.1) is 0 Å². The maximum absolute atomic E-state index is 8.53. The van der Waals surface area contributed by atoms with Gasteiger partial charge in [0.25, 0.3) is 0 Å². The zero-order chi connectivity index (χ0) is 9.36. The van der Waals surface area contributed by atoms with Gasteiger partial charge in [-0.15, -0.1) is 0 Å². The molecule has 0 saturated heterocycles. The van der Waals surface area contributed by atoms with Crippen LogP contribution in [0.25, 0.3) is 0 Å². The Morgan fingerprint density at radius 3 is 2.69 bits per heavy atom. The Kier molecular flexibility index (Phi) is 5.13. The minimum atomic E-state index is 0.266. The van der Waals surface area contributed by atoms with Crippen LogP contribution in [0.15, 0.2) is 24.5 Å². The molecular formula is C10H16N2O. The van der Waals surface area contributed by atoms with Gasteiger partial charge < -0.3 is 10.4 Å². The third-order valence-corrected chi connectivity index (χ3v) is 1.85. The van der Waals surface area contributed by atoms with Gasteiger partial charge in [-0.25, -0.2) is 0 Å². The standard InChI is InChI=1S/C10H16N2O/c13-9-1-5-11-6-2-10-3-7-12-8-4-10/h3-4,7-8,11,13H,1-2,5-6,9H2. The molecule has 0 saturated carbocycles. The Bertz CT molecular complexity index is 213. The molecular weight excluding hydrogens is 164 g/mol. The van der Waals surface area contributed by atoms with Crippen LogP contribution in [0.4, 0.5) is 0 Å². The first kappa shape index (κ1) is 10.2. The second-order valence-corrected chi connectivity index (χ2v) is 2.93. The van der Waals surface area contributed by atoms with E-state index < -0.39 is 0 Å². The van der Waals surface area contributed by atoms with E-state index in [1.165, 1.54) is 5.56 Å². The molecule has 13 heavy (non-hydrogen) atoms. The van der Waals surface area contributed by atoms with E-state index in [0.717, 1.165) is 25.9 Å². The molecule has 0 unspecified atom stereocenters. The molecule has 72 valence electrons. The summed E-state index contributed by atoms with van der Waals surface area (Å²) >= 11 is 0. The lowest BCUT2D eigenvalue weighted by Crippen LogP contribution is -2.19. The summed E-state index contributed by atoms with van der Waals surface area (Å²) in [6.07, 6.45) is 5.47. The molecule has 1 aromatic heterocycles. The first-order valence-corrected chi connectivity index (χ1v) is 4.64. The van der Waals surface area contributed by atoms with Gasteiger partial charge in [-0.3, -0.25) is 4.98 Å². The van der Waals surface area contributed by atoms with Crippen LogP contribution in [-0.4, -0.2) is 29.8 Å². The minimum Gasteiger partial charge on any atom is -0.396 e.